The number of aryl methyl sites for hydroxylation is 1. The Labute approximate surface area is 213 Å². The van der Waals surface area contributed by atoms with E-state index in [1.165, 1.54) is 24.3 Å². The lowest BCUT2D eigenvalue weighted by molar-refractivity contribution is -0.137. The molecule has 1 atom stereocenters. The zero-order valence-electron chi connectivity index (χ0n) is 19.8. The van der Waals surface area contributed by atoms with E-state index in [0.29, 0.717) is 10.9 Å². The standard InChI is InChI=1S/C27H24ClNO6S/c1-16(2)26(29-36(32,33)19-11-9-17(3)10-12-19)27(31)35-24-15-23-21(13-22(24)28)20(14-25(30)34-23)18-7-5-4-6-8-18/h4-16,26,29H,1-3H3/t26-/m1/s1. The summed E-state index contributed by atoms with van der Waals surface area (Å²) in [5.41, 5.74) is 1.91. The Bertz CT molecular complexity index is 1580. The largest absolute Gasteiger partial charge is 0.424 e. The molecule has 1 heterocycles. The summed E-state index contributed by atoms with van der Waals surface area (Å²) >= 11 is 6.44. The molecular weight excluding hydrogens is 502 g/mol. The molecule has 0 aliphatic rings. The SMILES string of the molecule is Cc1ccc(S(=O)(=O)N[C@@H](C(=O)Oc2cc3oc(=O)cc(-c4ccccc4)c3cc2Cl)C(C)C)cc1. The third-order valence-corrected chi connectivity index (χ3v) is 7.38. The van der Waals surface area contributed by atoms with Crippen LogP contribution in [-0.4, -0.2) is 20.4 Å². The Balaban J connectivity index is 1.66. The molecule has 0 amide bonds. The van der Waals surface area contributed by atoms with Crippen molar-refractivity contribution < 1.29 is 22.4 Å². The predicted octanol–water partition coefficient (Wildman–Crippen LogP) is 5.33. The molecule has 0 aliphatic heterocycles. The molecule has 0 bridgehead atoms. The lowest BCUT2D eigenvalue weighted by atomic mass is 10.0. The number of rotatable bonds is 7. The van der Waals surface area contributed by atoms with Gasteiger partial charge in [0, 0.05) is 17.5 Å². The molecule has 1 N–H and O–H groups in total. The maximum absolute atomic E-state index is 13.1. The summed E-state index contributed by atoms with van der Waals surface area (Å²) < 4.78 is 39.0. The number of nitrogens with one attached hydrogen (secondary N) is 1. The zero-order valence-corrected chi connectivity index (χ0v) is 21.4. The van der Waals surface area contributed by atoms with E-state index < -0.39 is 33.6 Å². The molecule has 36 heavy (non-hydrogen) atoms. The highest BCUT2D eigenvalue weighted by molar-refractivity contribution is 7.89. The number of ether oxygens (including phenoxy) is 1. The normalized spacial score (nSPS) is 12.6. The number of hydrogen-bond donors (Lipinski definition) is 1. The van der Waals surface area contributed by atoms with Crippen molar-refractivity contribution in [2.24, 2.45) is 5.92 Å². The van der Waals surface area contributed by atoms with Crippen molar-refractivity contribution in [2.75, 3.05) is 0 Å². The van der Waals surface area contributed by atoms with Crippen molar-refractivity contribution in [1.29, 1.82) is 0 Å². The maximum Gasteiger partial charge on any atom is 0.336 e. The van der Waals surface area contributed by atoms with Gasteiger partial charge in [0.05, 0.1) is 9.92 Å². The van der Waals surface area contributed by atoms with E-state index >= 15 is 0 Å². The first-order valence-corrected chi connectivity index (χ1v) is 13.0. The number of carbonyl (C=O) groups is 1. The van der Waals surface area contributed by atoms with E-state index in [0.717, 1.165) is 11.1 Å². The van der Waals surface area contributed by atoms with E-state index in [-0.39, 0.29) is 21.3 Å². The fraction of sp³-hybridized carbons (Fsp3) is 0.185. The van der Waals surface area contributed by atoms with Gasteiger partial charge in [-0.3, -0.25) is 0 Å². The van der Waals surface area contributed by atoms with Gasteiger partial charge in [-0.1, -0.05) is 73.5 Å². The van der Waals surface area contributed by atoms with E-state index in [1.807, 2.05) is 37.3 Å². The summed E-state index contributed by atoms with van der Waals surface area (Å²) in [4.78, 5) is 25.3. The van der Waals surface area contributed by atoms with Crippen LogP contribution >= 0.6 is 11.6 Å². The highest BCUT2D eigenvalue weighted by atomic mass is 35.5. The molecule has 7 nitrogen and oxygen atoms in total. The molecule has 0 saturated heterocycles. The summed E-state index contributed by atoms with van der Waals surface area (Å²) in [7, 11) is -3.99. The molecule has 0 radical (unpaired) electrons. The average Bonchev–Trinajstić information content (AvgIpc) is 2.83. The minimum Gasteiger partial charge on any atom is -0.424 e. The Morgan fingerprint density at radius 3 is 2.31 bits per heavy atom. The fourth-order valence-electron chi connectivity index (χ4n) is 3.68. The van der Waals surface area contributed by atoms with Gasteiger partial charge >= 0.3 is 11.6 Å². The molecule has 4 rings (SSSR count). The Morgan fingerprint density at radius 2 is 1.67 bits per heavy atom. The molecule has 0 fully saturated rings. The van der Waals surface area contributed by atoms with Crippen LogP contribution in [0.5, 0.6) is 5.75 Å². The number of fused-ring (bicyclic) bond motifs is 1. The average molecular weight is 526 g/mol. The number of halogens is 1. The fourth-order valence-corrected chi connectivity index (χ4v) is 5.21. The number of benzene rings is 3. The first-order chi connectivity index (χ1) is 17.0. The second-order valence-corrected chi connectivity index (χ2v) is 10.8. The molecule has 3 aromatic carbocycles. The summed E-state index contributed by atoms with van der Waals surface area (Å²) in [6.45, 7) is 5.23. The Kier molecular flexibility index (Phi) is 7.31. The van der Waals surface area contributed by atoms with Gasteiger partial charge < -0.3 is 9.15 Å². The van der Waals surface area contributed by atoms with Crippen LogP contribution in [0.2, 0.25) is 5.02 Å². The van der Waals surface area contributed by atoms with E-state index in [1.54, 1.807) is 32.0 Å². The molecule has 1 aromatic heterocycles. The molecular formula is C27H24ClNO6S. The zero-order chi connectivity index (χ0) is 26.0. The molecule has 0 spiro atoms. The van der Waals surface area contributed by atoms with Gasteiger partial charge in [0.15, 0.2) is 5.75 Å². The first-order valence-electron chi connectivity index (χ1n) is 11.2. The second kappa shape index (κ2) is 10.3. The van der Waals surface area contributed by atoms with Gasteiger partial charge in [-0.25, -0.2) is 18.0 Å². The summed E-state index contributed by atoms with van der Waals surface area (Å²) in [5.74, 6) is -1.33. The minimum atomic E-state index is -3.99. The summed E-state index contributed by atoms with van der Waals surface area (Å²) in [6.07, 6.45) is 0. The van der Waals surface area contributed by atoms with Crippen molar-refractivity contribution in [2.45, 2.75) is 31.7 Å². The molecule has 186 valence electrons. The number of carbonyl (C=O) groups excluding carboxylic acids is 1. The van der Waals surface area contributed by atoms with Crippen molar-refractivity contribution in [3.8, 4) is 16.9 Å². The quantitative estimate of drug-likeness (QED) is 0.199. The van der Waals surface area contributed by atoms with Crippen LogP contribution < -0.4 is 15.1 Å². The van der Waals surface area contributed by atoms with Crippen LogP contribution in [0.15, 0.2) is 86.9 Å². The maximum atomic E-state index is 13.1. The van der Waals surface area contributed by atoms with E-state index in [2.05, 4.69) is 4.72 Å². The van der Waals surface area contributed by atoms with Gasteiger partial charge in [0.25, 0.3) is 0 Å². The molecule has 0 unspecified atom stereocenters. The summed E-state index contributed by atoms with van der Waals surface area (Å²) in [6, 6.07) is 18.6. The second-order valence-electron chi connectivity index (χ2n) is 8.70. The minimum absolute atomic E-state index is 0.0329. The molecule has 4 aromatic rings. The highest BCUT2D eigenvalue weighted by Crippen LogP contribution is 2.35. The van der Waals surface area contributed by atoms with Crippen molar-refractivity contribution in [3.05, 3.63) is 93.8 Å². The third kappa shape index (κ3) is 5.51. The van der Waals surface area contributed by atoms with Crippen LogP contribution in [0.1, 0.15) is 19.4 Å². The number of hydrogen-bond acceptors (Lipinski definition) is 6. The van der Waals surface area contributed by atoms with Gasteiger partial charge in [-0.15, -0.1) is 0 Å². The lowest BCUT2D eigenvalue weighted by Gasteiger charge is -2.21. The van der Waals surface area contributed by atoms with Gasteiger partial charge in [-0.2, -0.15) is 4.72 Å². The topological polar surface area (TPSA) is 103 Å². The van der Waals surface area contributed by atoms with Crippen molar-refractivity contribution >= 4 is 38.6 Å². The van der Waals surface area contributed by atoms with Gasteiger partial charge in [-0.05, 0) is 42.2 Å². The van der Waals surface area contributed by atoms with E-state index in [4.69, 9.17) is 20.8 Å². The monoisotopic (exact) mass is 525 g/mol. The summed E-state index contributed by atoms with van der Waals surface area (Å²) in [5, 5.41) is 0.664. The van der Waals surface area contributed by atoms with Crippen LogP contribution in [0.25, 0.3) is 22.1 Å². The third-order valence-electron chi connectivity index (χ3n) is 5.63. The smallest absolute Gasteiger partial charge is 0.336 e. The highest BCUT2D eigenvalue weighted by Gasteiger charge is 2.30. The Hall–Kier alpha value is -3.46. The van der Waals surface area contributed by atoms with E-state index in [9.17, 15) is 18.0 Å². The predicted molar refractivity (Wildman–Crippen MR) is 139 cm³/mol. The number of esters is 1. The van der Waals surface area contributed by atoms with Crippen LogP contribution in [0.3, 0.4) is 0 Å². The van der Waals surface area contributed by atoms with Crippen LogP contribution in [-0.2, 0) is 14.8 Å². The number of sulfonamides is 1. The van der Waals surface area contributed by atoms with Crippen LogP contribution in [0, 0.1) is 12.8 Å². The molecule has 0 saturated carbocycles. The molecule has 9 heteroatoms. The van der Waals surface area contributed by atoms with Gasteiger partial charge in [0.1, 0.15) is 11.6 Å². The van der Waals surface area contributed by atoms with Crippen molar-refractivity contribution in [3.63, 3.8) is 0 Å². The van der Waals surface area contributed by atoms with Crippen LogP contribution in [0.4, 0.5) is 0 Å². The molecule has 0 aliphatic carbocycles. The lowest BCUT2D eigenvalue weighted by Crippen LogP contribution is -2.46. The van der Waals surface area contributed by atoms with Gasteiger partial charge in [0.2, 0.25) is 10.0 Å². The first kappa shape index (κ1) is 25.6. The van der Waals surface area contributed by atoms with Crippen molar-refractivity contribution in [1.82, 2.24) is 4.72 Å². The Morgan fingerprint density at radius 1 is 1.00 bits per heavy atom.